The molecule has 196 valence electrons. The predicted octanol–water partition coefficient (Wildman–Crippen LogP) is -2.62. The van der Waals surface area contributed by atoms with Gasteiger partial charge in [0.05, 0.1) is 12.1 Å². The van der Waals surface area contributed by atoms with E-state index in [9.17, 15) is 34.2 Å². The van der Waals surface area contributed by atoms with Crippen molar-refractivity contribution in [2.45, 2.75) is 75.7 Å². The summed E-state index contributed by atoms with van der Waals surface area (Å²) in [5.41, 5.74) is 16.4. The highest BCUT2D eigenvalue weighted by Crippen LogP contribution is 2.06. The number of carbonyl (C=O) groups is 5. The molecule has 4 amide bonds. The van der Waals surface area contributed by atoms with Gasteiger partial charge < -0.3 is 43.4 Å². The molecule has 0 radical (unpaired) electrons. The molecule has 0 saturated carbocycles. The molecule has 0 spiro atoms. The number of nitrogens with two attached hydrogens (primary N) is 3. The van der Waals surface area contributed by atoms with Gasteiger partial charge in [-0.25, -0.2) is 4.79 Å². The molecule has 34 heavy (non-hydrogen) atoms. The van der Waals surface area contributed by atoms with Crippen LogP contribution in [0.1, 0.15) is 45.4 Å². The van der Waals surface area contributed by atoms with Crippen LogP contribution < -0.4 is 33.2 Å². The summed E-state index contributed by atoms with van der Waals surface area (Å²) >= 11 is 1.52. The molecule has 0 unspecified atom stereocenters. The minimum Gasteiger partial charge on any atom is -0.480 e. The summed E-state index contributed by atoms with van der Waals surface area (Å²) in [7, 11) is 0. The fourth-order valence-electron chi connectivity index (χ4n) is 2.88. The molecule has 0 aromatic rings. The van der Waals surface area contributed by atoms with Crippen LogP contribution in [0.5, 0.6) is 0 Å². The fraction of sp³-hybridized carbons (Fsp3) is 0.750. The largest absolute Gasteiger partial charge is 0.480 e. The third-order valence-electron chi connectivity index (χ3n) is 4.91. The van der Waals surface area contributed by atoms with Gasteiger partial charge in [0.25, 0.3) is 0 Å². The van der Waals surface area contributed by atoms with Crippen molar-refractivity contribution >= 4 is 41.4 Å². The Morgan fingerprint density at radius 1 is 0.912 bits per heavy atom. The number of unbranched alkanes of at least 4 members (excludes halogenated alkanes) is 1. The quantitative estimate of drug-likeness (QED) is 0.0900. The Hall–Kier alpha value is -2.42. The molecule has 11 N–H and O–H groups in total. The van der Waals surface area contributed by atoms with E-state index >= 15 is 0 Å². The number of amides is 4. The maximum Gasteiger partial charge on any atom is 0.326 e. The van der Waals surface area contributed by atoms with Crippen LogP contribution in [0.3, 0.4) is 0 Å². The van der Waals surface area contributed by atoms with E-state index in [0.717, 1.165) is 0 Å². The zero-order valence-corrected chi connectivity index (χ0v) is 20.4. The Morgan fingerprint density at radius 2 is 1.53 bits per heavy atom. The van der Waals surface area contributed by atoms with Crippen molar-refractivity contribution in [1.29, 1.82) is 0 Å². The molecule has 0 aromatic heterocycles. The first-order valence-electron chi connectivity index (χ1n) is 11.0. The van der Waals surface area contributed by atoms with Crippen LogP contribution in [-0.2, 0) is 24.0 Å². The third kappa shape index (κ3) is 12.7. The summed E-state index contributed by atoms with van der Waals surface area (Å²) in [6.07, 6.45) is 1.67. The van der Waals surface area contributed by atoms with Gasteiger partial charge in [0.1, 0.15) is 18.1 Å². The Morgan fingerprint density at radius 3 is 2.03 bits per heavy atom. The first kappa shape index (κ1) is 31.6. The number of hydrogen-bond donors (Lipinski definition) is 8. The Labute approximate surface area is 203 Å². The minimum absolute atomic E-state index is 0.217. The van der Waals surface area contributed by atoms with Crippen LogP contribution in [0.25, 0.3) is 0 Å². The average Bonchev–Trinajstić information content (AvgIpc) is 2.76. The number of aliphatic hydroxyl groups excluding tert-OH is 1. The molecule has 13 nitrogen and oxygen atoms in total. The van der Waals surface area contributed by atoms with E-state index < -0.39 is 59.9 Å². The standard InChI is InChI=1S/C20H38N6O7S/c1-11(27)16(19(31)25-14(20(32)33)6-7-15(23)28)26-18(30)13(5-3-4-9-21)24-17(29)12(22)8-10-34-2/h11-14,16,27H,3-10,21-22H2,1-2H3,(H2,23,28)(H,24,29)(H,25,31)(H,26,30)(H,32,33)/t11-,12+,13+,14+,16+/m1/s1. The van der Waals surface area contributed by atoms with E-state index in [1.165, 1.54) is 18.7 Å². The Bertz CT molecular complexity index is 694. The SMILES string of the molecule is CSCC[C@H](N)C(=O)N[C@@H](CCCCN)C(=O)N[C@H](C(=O)N[C@@H](CCC(N)=O)C(=O)O)[C@@H](C)O. The highest BCUT2D eigenvalue weighted by Gasteiger charge is 2.32. The lowest BCUT2D eigenvalue weighted by Crippen LogP contribution is -2.59. The smallest absolute Gasteiger partial charge is 0.326 e. The van der Waals surface area contributed by atoms with Crippen molar-refractivity contribution in [3.63, 3.8) is 0 Å². The van der Waals surface area contributed by atoms with Gasteiger partial charge in [-0.15, -0.1) is 0 Å². The monoisotopic (exact) mass is 506 g/mol. The van der Waals surface area contributed by atoms with Crippen LogP contribution in [0.2, 0.25) is 0 Å². The van der Waals surface area contributed by atoms with Gasteiger partial charge in [0.2, 0.25) is 23.6 Å². The fourth-order valence-corrected chi connectivity index (χ4v) is 3.37. The maximum absolute atomic E-state index is 12.9. The molecular formula is C20H38N6O7S. The van der Waals surface area contributed by atoms with E-state index in [0.29, 0.717) is 31.6 Å². The Kier molecular flexibility index (Phi) is 15.9. The van der Waals surface area contributed by atoms with E-state index in [4.69, 9.17) is 17.2 Å². The summed E-state index contributed by atoms with van der Waals surface area (Å²) in [4.78, 5) is 60.3. The van der Waals surface area contributed by atoms with E-state index in [-0.39, 0.29) is 19.3 Å². The molecule has 0 bridgehead atoms. The summed E-state index contributed by atoms with van der Waals surface area (Å²) < 4.78 is 0. The number of rotatable bonds is 18. The van der Waals surface area contributed by atoms with Crippen molar-refractivity contribution in [1.82, 2.24) is 16.0 Å². The number of aliphatic carboxylic acids is 1. The number of carboxylic acids is 1. The van der Waals surface area contributed by atoms with Gasteiger partial charge in [-0.05, 0) is 57.6 Å². The minimum atomic E-state index is -1.51. The number of carboxylic acid groups (broad SMARTS) is 1. The number of thioether (sulfide) groups is 1. The number of hydrogen-bond acceptors (Lipinski definition) is 9. The number of primary amides is 1. The maximum atomic E-state index is 12.9. The molecule has 0 fully saturated rings. The number of nitrogens with one attached hydrogen (secondary N) is 3. The number of aliphatic hydroxyl groups is 1. The molecule has 0 aliphatic rings. The van der Waals surface area contributed by atoms with Gasteiger partial charge in [0.15, 0.2) is 0 Å². The van der Waals surface area contributed by atoms with Crippen LogP contribution in [0.15, 0.2) is 0 Å². The lowest BCUT2D eigenvalue weighted by molar-refractivity contribution is -0.143. The van der Waals surface area contributed by atoms with Crippen LogP contribution in [0, 0.1) is 0 Å². The molecule has 0 aromatic carbocycles. The van der Waals surface area contributed by atoms with Crippen molar-refractivity contribution in [2.24, 2.45) is 17.2 Å². The van der Waals surface area contributed by atoms with Crippen LogP contribution in [-0.4, -0.2) is 88.6 Å². The summed E-state index contributed by atoms with van der Waals surface area (Å²) in [6, 6.07) is -4.83. The lowest BCUT2D eigenvalue weighted by Gasteiger charge is -2.26. The molecular weight excluding hydrogens is 468 g/mol. The van der Waals surface area contributed by atoms with E-state index in [1.54, 1.807) is 0 Å². The molecule has 5 atom stereocenters. The first-order chi connectivity index (χ1) is 15.9. The topological polar surface area (TPSA) is 240 Å². The second kappa shape index (κ2) is 17.1. The number of carbonyl (C=O) groups excluding carboxylic acids is 4. The van der Waals surface area contributed by atoms with Gasteiger partial charge >= 0.3 is 5.97 Å². The average molecular weight is 507 g/mol. The Balaban J connectivity index is 5.38. The molecule has 0 aliphatic heterocycles. The van der Waals surface area contributed by atoms with E-state index in [1.807, 2.05) is 6.26 Å². The molecule has 0 heterocycles. The molecule has 14 heteroatoms. The zero-order valence-electron chi connectivity index (χ0n) is 19.6. The third-order valence-corrected chi connectivity index (χ3v) is 5.55. The van der Waals surface area contributed by atoms with Crippen molar-refractivity contribution in [3.05, 3.63) is 0 Å². The molecule has 0 aliphatic carbocycles. The highest BCUT2D eigenvalue weighted by atomic mass is 32.2. The lowest BCUT2D eigenvalue weighted by atomic mass is 10.0. The van der Waals surface area contributed by atoms with Crippen molar-refractivity contribution in [2.75, 3.05) is 18.6 Å². The van der Waals surface area contributed by atoms with Crippen LogP contribution >= 0.6 is 11.8 Å². The van der Waals surface area contributed by atoms with Crippen molar-refractivity contribution in [3.8, 4) is 0 Å². The first-order valence-corrected chi connectivity index (χ1v) is 12.4. The molecule has 0 rings (SSSR count). The summed E-state index contributed by atoms with van der Waals surface area (Å²) in [5, 5.41) is 26.4. The van der Waals surface area contributed by atoms with Gasteiger partial charge in [-0.1, -0.05) is 0 Å². The second-order valence-electron chi connectivity index (χ2n) is 7.86. The van der Waals surface area contributed by atoms with Gasteiger partial charge in [0, 0.05) is 6.42 Å². The molecule has 0 saturated heterocycles. The van der Waals surface area contributed by atoms with Gasteiger partial charge in [-0.3, -0.25) is 19.2 Å². The summed E-state index contributed by atoms with van der Waals surface area (Å²) in [6.45, 7) is 1.63. The second-order valence-corrected chi connectivity index (χ2v) is 8.85. The summed E-state index contributed by atoms with van der Waals surface area (Å²) in [5.74, 6) is -3.73. The predicted molar refractivity (Wildman–Crippen MR) is 127 cm³/mol. The van der Waals surface area contributed by atoms with Crippen molar-refractivity contribution < 1.29 is 34.2 Å². The van der Waals surface area contributed by atoms with Gasteiger partial charge in [-0.2, -0.15) is 11.8 Å². The van der Waals surface area contributed by atoms with E-state index in [2.05, 4.69) is 16.0 Å². The zero-order chi connectivity index (χ0) is 26.3. The highest BCUT2D eigenvalue weighted by molar-refractivity contribution is 7.98. The van der Waals surface area contributed by atoms with Crippen LogP contribution in [0.4, 0.5) is 0 Å². The normalized spacial score (nSPS) is 15.3.